The molecular formula is C26H34FN4O9P. The molecule has 15 heteroatoms. The SMILES string of the molecule is CC(C)OC(=O)[C@H](C)CP(=O)(Oc1ccccc1)O[C@H](C)[C@H]1O[C@@H](n2ccc3c(=O)[nH]c(N)nc32)C(O)(CF)[C@H]1O. The number of anilines is 1. The van der Waals surface area contributed by atoms with Gasteiger partial charge in [-0.05, 0) is 39.0 Å². The maximum absolute atomic E-state index is 14.4. The highest BCUT2D eigenvalue weighted by Gasteiger charge is 2.59. The van der Waals surface area contributed by atoms with Crippen molar-refractivity contribution in [3.8, 4) is 5.75 Å². The highest BCUT2D eigenvalue weighted by molar-refractivity contribution is 7.54. The number of aromatic amines is 1. The number of esters is 1. The van der Waals surface area contributed by atoms with E-state index in [2.05, 4.69) is 9.97 Å². The number of hydrogen-bond acceptors (Lipinski definition) is 11. The van der Waals surface area contributed by atoms with E-state index >= 15 is 0 Å². The topological polar surface area (TPSA) is 188 Å². The fourth-order valence-corrected chi connectivity index (χ4v) is 6.75. The van der Waals surface area contributed by atoms with Crippen molar-refractivity contribution in [3.63, 3.8) is 0 Å². The number of rotatable bonds is 11. The number of H-pyrrole nitrogens is 1. The van der Waals surface area contributed by atoms with Gasteiger partial charge in [0.1, 0.15) is 24.6 Å². The van der Waals surface area contributed by atoms with Crippen LogP contribution in [-0.2, 0) is 23.4 Å². The van der Waals surface area contributed by atoms with E-state index in [1.807, 2.05) is 0 Å². The van der Waals surface area contributed by atoms with Crippen LogP contribution in [0.5, 0.6) is 5.75 Å². The van der Waals surface area contributed by atoms with E-state index in [1.54, 1.807) is 44.2 Å². The minimum absolute atomic E-state index is 0.0138. The van der Waals surface area contributed by atoms with Gasteiger partial charge >= 0.3 is 13.6 Å². The van der Waals surface area contributed by atoms with E-state index in [-0.39, 0.29) is 28.9 Å². The number of carbonyl (C=O) groups excluding carboxylic acids is 1. The molecule has 7 atom stereocenters. The number of ether oxygens (including phenoxy) is 2. The van der Waals surface area contributed by atoms with Crippen molar-refractivity contribution in [2.45, 2.75) is 63.9 Å². The quantitative estimate of drug-likeness (QED) is 0.188. The lowest BCUT2D eigenvalue weighted by Crippen LogP contribution is -2.50. The molecule has 0 amide bonds. The molecule has 41 heavy (non-hydrogen) atoms. The number of nitrogen functional groups attached to an aromatic ring is 1. The summed E-state index contributed by atoms with van der Waals surface area (Å²) in [7, 11) is -4.16. The zero-order valence-electron chi connectivity index (χ0n) is 23.0. The molecule has 0 spiro atoms. The Morgan fingerprint density at radius 3 is 2.59 bits per heavy atom. The molecule has 2 aromatic heterocycles. The number of halogens is 1. The summed E-state index contributed by atoms with van der Waals surface area (Å²) in [4.78, 5) is 31.2. The van der Waals surface area contributed by atoms with Crippen LogP contribution in [0.3, 0.4) is 0 Å². The van der Waals surface area contributed by atoms with Gasteiger partial charge in [-0.1, -0.05) is 25.1 Å². The average Bonchev–Trinajstić information content (AvgIpc) is 3.42. The van der Waals surface area contributed by atoms with Crippen molar-refractivity contribution >= 4 is 30.5 Å². The molecule has 0 saturated carbocycles. The number of nitrogens with two attached hydrogens (primary N) is 1. The van der Waals surface area contributed by atoms with E-state index in [4.69, 9.17) is 24.3 Å². The number of aliphatic hydroxyl groups excluding tert-OH is 1. The van der Waals surface area contributed by atoms with Gasteiger partial charge in [-0.25, -0.2) is 8.96 Å². The van der Waals surface area contributed by atoms with Crippen LogP contribution in [-0.4, -0.2) is 73.6 Å². The summed E-state index contributed by atoms with van der Waals surface area (Å²) in [6.45, 7) is 4.82. The Labute approximate surface area is 234 Å². The Morgan fingerprint density at radius 1 is 1.27 bits per heavy atom. The second kappa shape index (κ2) is 11.9. The Morgan fingerprint density at radius 2 is 1.95 bits per heavy atom. The first-order valence-corrected chi connectivity index (χ1v) is 14.7. The molecule has 3 heterocycles. The molecule has 1 aliphatic heterocycles. The van der Waals surface area contributed by atoms with Crippen molar-refractivity contribution in [3.05, 3.63) is 52.9 Å². The third-order valence-electron chi connectivity index (χ3n) is 6.63. The smallest absolute Gasteiger partial charge is 0.380 e. The predicted molar refractivity (Wildman–Crippen MR) is 146 cm³/mol. The second-order valence-corrected chi connectivity index (χ2v) is 12.3. The summed E-state index contributed by atoms with van der Waals surface area (Å²) in [5, 5.41) is 22.4. The third kappa shape index (κ3) is 6.31. The van der Waals surface area contributed by atoms with Crippen LogP contribution in [0.4, 0.5) is 10.3 Å². The lowest BCUT2D eigenvalue weighted by atomic mass is 9.93. The molecule has 1 aromatic carbocycles. The predicted octanol–water partition coefficient (Wildman–Crippen LogP) is 2.53. The van der Waals surface area contributed by atoms with Crippen molar-refractivity contribution < 1.29 is 42.5 Å². The monoisotopic (exact) mass is 596 g/mol. The number of para-hydroxylation sites is 1. The summed E-state index contributed by atoms with van der Waals surface area (Å²) >= 11 is 0. The van der Waals surface area contributed by atoms with Gasteiger partial charge in [0.2, 0.25) is 5.95 Å². The second-order valence-electron chi connectivity index (χ2n) is 10.3. The van der Waals surface area contributed by atoms with Crippen molar-refractivity contribution in [2.24, 2.45) is 5.92 Å². The molecule has 4 rings (SSSR count). The summed E-state index contributed by atoms with van der Waals surface area (Å²) < 4.78 is 52.3. The number of nitrogens with one attached hydrogen (secondary N) is 1. The maximum Gasteiger partial charge on any atom is 0.380 e. The summed E-state index contributed by atoms with van der Waals surface area (Å²) in [5.41, 5.74) is 2.58. The molecule has 224 valence electrons. The van der Waals surface area contributed by atoms with Crippen LogP contribution in [0.25, 0.3) is 11.0 Å². The number of fused-ring (bicyclic) bond motifs is 1. The number of aromatic nitrogens is 3. The number of nitrogens with zero attached hydrogens (tertiary/aromatic N) is 2. The van der Waals surface area contributed by atoms with Gasteiger partial charge in [-0.15, -0.1) is 0 Å². The number of alkyl halides is 1. The van der Waals surface area contributed by atoms with E-state index < -0.39 is 68.0 Å². The standard InChI is InChI=1S/C26H34FN4O9P/c1-14(2)37-23(34)15(3)12-41(36,40-17-8-6-5-7-9-17)39-16(4)19-20(32)26(35,13-27)24(38-19)31-11-10-18-21(31)29-25(28)30-22(18)33/h5-11,14-16,19-20,24,32,35H,12-13H2,1-4H3,(H3,28,29,30,33)/t15-,16-,19-,20+,24-,26?,41?/m1/s1. The van der Waals surface area contributed by atoms with Gasteiger partial charge in [0.25, 0.3) is 5.56 Å². The van der Waals surface area contributed by atoms with Crippen LogP contribution in [0.15, 0.2) is 47.4 Å². The maximum atomic E-state index is 14.4. The Balaban J connectivity index is 1.63. The molecule has 5 N–H and O–H groups in total. The van der Waals surface area contributed by atoms with Gasteiger partial charge < -0.3 is 34.5 Å². The number of carbonyl (C=O) groups is 1. The largest absolute Gasteiger partial charge is 0.463 e. The normalized spacial score (nSPS) is 25.6. The fraction of sp³-hybridized carbons (Fsp3) is 0.500. The zero-order chi connectivity index (χ0) is 30.1. The Kier molecular flexibility index (Phi) is 8.90. The van der Waals surface area contributed by atoms with Crippen molar-refractivity contribution in [1.29, 1.82) is 0 Å². The van der Waals surface area contributed by atoms with Crippen LogP contribution < -0.4 is 15.8 Å². The number of hydrogen-bond donors (Lipinski definition) is 4. The lowest BCUT2D eigenvalue weighted by molar-refractivity contribution is -0.151. The molecule has 2 unspecified atom stereocenters. The van der Waals surface area contributed by atoms with Crippen LogP contribution in [0.2, 0.25) is 0 Å². The average molecular weight is 597 g/mol. The van der Waals surface area contributed by atoms with Crippen LogP contribution in [0, 0.1) is 5.92 Å². The van der Waals surface area contributed by atoms with E-state index in [9.17, 15) is 28.8 Å². The first-order chi connectivity index (χ1) is 19.3. The highest BCUT2D eigenvalue weighted by atomic mass is 31.2. The molecule has 13 nitrogen and oxygen atoms in total. The zero-order valence-corrected chi connectivity index (χ0v) is 23.9. The van der Waals surface area contributed by atoms with Gasteiger partial charge in [0.15, 0.2) is 17.5 Å². The molecular weight excluding hydrogens is 562 g/mol. The summed E-state index contributed by atoms with van der Waals surface area (Å²) in [5.74, 6) is -1.53. The van der Waals surface area contributed by atoms with Gasteiger partial charge in [0.05, 0.1) is 29.7 Å². The molecule has 1 fully saturated rings. The Hall–Kier alpha value is -3.29. The minimum Gasteiger partial charge on any atom is -0.463 e. The molecule has 3 aromatic rings. The number of aliphatic hydroxyl groups is 2. The van der Waals surface area contributed by atoms with E-state index in [1.165, 1.54) is 30.7 Å². The molecule has 0 bridgehead atoms. The minimum atomic E-state index is -4.16. The molecule has 1 saturated heterocycles. The summed E-state index contributed by atoms with van der Waals surface area (Å²) in [6.07, 6.45) is -5.57. The first kappa shape index (κ1) is 30.7. The highest BCUT2D eigenvalue weighted by Crippen LogP contribution is 2.53. The van der Waals surface area contributed by atoms with Gasteiger partial charge in [0, 0.05) is 6.20 Å². The number of benzene rings is 1. The molecule has 0 radical (unpaired) electrons. The first-order valence-electron chi connectivity index (χ1n) is 13.0. The van der Waals surface area contributed by atoms with E-state index in [0.717, 1.165) is 0 Å². The van der Waals surface area contributed by atoms with Crippen LogP contribution in [0.1, 0.15) is 33.9 Å². The van der Waals surface area contributed by atoms with Gasteiger partial charge in [-0.2, -0.15) is 4.98 Å². The lowest BCUT2D eigenvalue weighted by Gasteiger charge is -2.30. The summed E-state index contributed by atoms with van der Waals surface area (Å²) in [6, 6.07) is 9.51. The van der Waals surface area contributed by atoms with Crippen molar-refractivity contribution in [1.82, 2.24) is 14.5 Å². The molecule has 0 aliphatic carbocycles. The van der Waals surface area contributed by atoms with E-state index in [0.29, 0.717) is 0 Å². The van der Waals surface area contributed by atoms with Crippen molar-refractivity contribution in [2.75, 3.05) is 18.6 Å². The Bertz CT molecular complexity index is 1480. The van der Waals surface area contributed by atoms with Gasteiger partial charge in [-0.3, -0.25) is 19.1 Å². The molecule has 1 aliphatic rings. The van der Waals surface area contributed by atoms with Crippen LogP contribution >= 0.6 is 7.60 Å². The fourth-order valence-electron chi connectivity index (χ4n) is 4.66. The third-order valence-corrected chi connectivity index (χ3v) is 8.77.